The van der Waals surface area contributed by atoms with Crippen molar-refractivity contribution >= 4 is 22.9 Å². The van der Waals surface area contributed by atoms with E-state index >= 15 is 0 Å². The van der Waals surface area contributed by atoms with Crippen LogP contribution in [0.1, 0.15) is 29.8 Å². The lowest BCUT2D eigenvalue weighted by Gasteiger charge is -2.27. The van der Waals surface area contributed by atoms with Crippen LogP contribution in [0.3, 0.4) is 0 Å². The summed E-state index contributed by atoms with van der Waals surface area (Å²) in [7, 11) is 0. The number of benzene rings is 1. The van der Waals surface area contributed by atoms with Gasteiger partial charge in [-0.2, -0.15) is 5.10 Å². The summed E-state index contributed by atoms with van der Waals surface area (Å²) in [5.74, 6) is -0.341. The Balaban J connectivity index is 1.87. The first kappa shape index (κ1) is 15.1. The van der Waals surface area contributed by atoms with Crippen molar-refractivity contribution in [2.75, 3.05) is 0 Å². The maximum atomic E-state index is 12.4. The molecule has 0 bridgehead atoms. The lowest BCUT2D eigenvalue weighted by atomic mass is 10.0. The van der Waals surface area contributed by atoms with E-state index in [0.717, 1.165) is 5.56 Å². The Morgan fingerprint density at radius 3 is 2.88 bits per heavy atom. The van der Waals surface area contributed by atoms with Gasteiger partial charge in [0, 0.05) is 11.8 Å². The zero-order valence-electron chi connectivity index (χ0n) is 13.5. The van der Waals surface area contributed by atoms with Gasteiger partial charge in [-0.25, -0.2) is 14.5 Å². The molecule has 2 aromatic heterocycles. The number of carboxylic acid groups (broad SMARTS) is 1. The van der Waals surface area contributed by atoms with E-state index in [0.29, 0.717) is 16.7 Å². The van der Waals surface area contributed by atoms with Crippen LogP contribution in [0, 0.1) is 0 Å². The van der Waals surface area contributed by atoms with Crippen LogP contribution < -0.4 is 10.3 Å². The van der Waals surface area contributed by atoms with Crippen LogP contribution in [0.15, 0.2) is 35.4 Å². The minimum absolute atomic E-state index is 0.00625. The smallest absolute Gasteiger partial charge is 0.338 e. The lowest BCUT2D eigenvalue weighted by molar-refractivity contribution is 0.0697. The molecule has 0 saturated heterocycles. The molecule has 0 amide bonds. The van der Waals surface area contributed by atoms with Gasteiger partial charge in [-0.05, 0) is 32.1 Å². The molecule has 1 aromatic carbocycles. The number of carbonyl (C=O) groups is 1. The summed E-state index contributed by atoms with van der Waals surface area (Å²) in [6.07, 6.45) is 6.34. The number of nitrogens with zero attached hydrogens (tertiary/aromatic N) is 3. The van der Waals surface area contributed by atoms with E-state index in [1.807, 2.05) is 26.0 Å². The number of hydrogen-bond donors (Lipinski definition) is 2. The third-order valence-electron chi connectivity index (χ3n) is 3.91. The maximum Gasteiger partial charge on any atom is 0.338 e. The number of ether oxygens (including phenoxy) is 1. The molecule has 8 nitrogen and oxygen atoms in total. The highest BCUT2D eigenvalue weighted by Crippen LogP contribution is 2.32. The van der Waals surface area contributed by atoms with Gasteiger partial charge in [0.25, 0.3) is 5.56 Å². The lowest BCUT2D eigenvalue weighted by Crippen LogP contribution is -2.27. The van der Waals surface area contributed by atoms with Gasteiger partial charge in [0.15, 0.2) is 0 Å². The van der Waals surface area contributed by atoms with Crippen molar-refractivity contribution in [3.8, 4) is 11.7 Å². The fourth-order valence-electron chi connectivity index (χ4n) is 2.65. The van der Waals surface area contributed by atoms with E-state index in [2.05, 4.69) is 15.1 Å². The SMILES string of the molecule is CC1(C)C=Cc2cc3nc(-n4cc(C(=O)O)cn4)[nH]c(=O)c3cc2O1. The molecular formula is C17H14N4O4. The zero-order chi connectivity index (χ0) is 17.8. The quantitative estimate of drug-likeness (QED) is 0.739. The molecule has 0 unspecified atom stereocenters. The molecule has 0 fully saturated rings. The Kier molecular flexibility index (Phi) is 3.05. The molecule has 1 aliphatic rings. The van der Waals surface area contributed by atoms with Crippen molar-refractivity contribution in [1.29, 1.82) is 0 Å². The second-order valence-corrected chi connectivity index (χ2v) is 6.31. The Hall–Kier alpha value is -3.42. The van der Waals surface area contributed by atoms with E-state index in [1.54, 1.807) is 12.1 Å². The van der Waals surface area contributed by atoms with Gasteiger partial charge < -0.3 is 9.84 Å². The molecule has 3 heterocycles. The minimum atomic E-state index is -1.10. The summed E-state index contributed by atoms with van der Waals surface area (Å²) in [4.78, 5) is 30.4. The number of aromatic amines is 1. The molecule has 1 aliphatic heterocycles. The Labute approximate surface area is 141 Å². The van der Waals surface area contributed by atoms with Crippen LogP contribution in [-0.4, -0.2) is 36.4 Å². The van der Waals surface area contributed by atoms with E-state index in [4.69, 9.17) is 9.84 Å². The second kappa shape index (κ2) is 5.04. The van der Waals surface area contributed by atoms with E-state index in [-0.39, 0.29) is 17.1 Å². The van der Waals surface area contributed by atoms with E-state index in [9.17, 15) is 9.59 Å². The number of carboxylic acids is 1. The van der Waals surface area contributed by atoms with Crippen molar-refractivity contribution < 1.29 is 14.6 Å². The zero-order valence-corrected chi connectivity index (χ0v) is 13.5. The van der Waals surface area contributed by atoms with Crippen LogP contribution in [0.4, 0.5) is 0 Å². The minimum Gasteiger partial charge on any atom is -0.483 e. The molecule has 0 radical (unpaired) electrons. The molecular weight excluding hydrogens is 324 g/mol. The number of H-pyrrole nitrogens is 1. The number of aromatic nitrogens is 4. The summed E-state index contributed by atoms with van der Waals surface area (Å²) in [5.41, 5.74) is 0.501. The van der Waals surface area contributed by atoms with Gasteiger partial charge in [-0.15, -0.1) is 0 Å². The van der Waals surface area contributed by atoms with Crippen LogP contribution in [-0.2, 0) is 0 Å². The normalized spacial score (nSPS) is 15.0. The molecule has 4 rings (SSSR count). The molecule has 0 saturated carbocycles. The van der Waals surface area contributed by atoms with Crippen LogP contribution in [0.25, 0.3) is 22.9 Å². The highest BCUT2D eigenvalue weighted by atomic mass is 16.5. The summed E-state index contributed by atoms with van der Waals surface area (Å²) >= 11 is 0. The molecule has 3 aromatic rings. The predicted octanol–water partition coefficient (Wildman–Crippen LogP) is 1.99. The molecule has 2 N–H and O–H groups in total. The summed E-state index contributed by atoms with van der Waals surface area (Å²) in [6, 6.07) is 3.42. The largest absolute Gasteiger partial charge is 0.483 e. The van der Waals surface area contributed by atoms with E-state index in [1.165, 1.54) is 17.1 Å². The van der Waals surface area contributed by atoms with Crippen molar-refractivity contribution in [2.24, 2.45) is 0 Å². The fourth-order valence-corrected chi connectivity index (χ4v) is 2.65. The predicted molar refractivity (Wildman–Crippen MR) is 90.2 cm³/mol. The molecule has 8 heteroatoms. The molecule has 0 atom stereocenters. The maximum absolute atomic E-state index is 12.4. The number of rotatable bonds is 2. The van der Waals surface area contributed by atoms with Crippen molar-refractivity contribution in [1.82, 2.24) is 19.7 Å². The first-order valence-corrected chi connectivity index (χ1v) is 7.57. The third kappa shape index (κ3) is 2.57. The van der Waals surface area contributed by atoms with Crippen LogP contribution >= 0.6 is 0 Å². The van der Waals surface area contributed by atoms with Crippen LogP contribution in [0.2, 0.25) is 0 Å². The highest BCUT2D eigenvalue weighted by Gasteiger charge is 2.23. The number of fused-ring (bicyclic) bond motifs is 2. The van der Waals surface area contributed by atoms with Gasteiger partial charge in [0.1, 0.15) is 11.4 Å². The molecule has 0 aliphatic carbocycles. The van der Waals surface area contributed by atoms with Gasteiger partial charge in [0.2, 0.25) is 5.95 Å². The van der Waals surface area contributed by atoms with Gasteiger partial charge in [0.05, 0.1) is 22.7 Å². The Bertz CT molecular complexity index is 1110. The third-order valence-corrected chi connectivity index (χ3v) is 3.91. The molecule has 126 valence electrons. The van der Waals surface area contributed by atoms with Crippen molar-refractivity contribution in [3.63, 3.8) is 0 Å². The van der Waals surface area contributed by atoms with E-state index < -0.39 is 11.6 Å². The van der Waals surface area contributed by atoms with Crippen molar-refractivity contribution in [2.45, 2.75) is 19.4 Å². The summed E-state index contributed by atoms with van der Waals surface area (Å²) in [5, 5.41) is 13.3. The number of hydrogen-bond acceptors (Lipinski definition) is 5. The average molecular weight is 338 g/mol. The first-order valence-electron chi connectivity index (χ1n) is 7.57. The number of aromatic carboxylic acids is 1. The number of nitrogens with one attached hydrogen (secondary N) is 1. The first-order chi connectivity index (χ1) is 11.8. The highest BCUT2D eigenvalue weighted by molar-refractivity contribution is 5.87. The molecule has 0 spiro atoms. The molecule has 25 heavy (non-hydrogen) atoms. The monoisotopic (exact) mass is 338 g/mol. The summed E-state index contributed by atoms with van der Waals surface area (Å²) < 4.78 is 7.10. The summed E-state index contributed by atoms with van der Waals surface area (Å²) in [6.45, 7) is 3.86. The van der Waals surface area contributed by atoms with Gasteiger partial charge in [-0.3, -0.25) is 9.78 Å². The Morgan fingerprint density at radius 2 is 2.16 bits per heavy atom. The van der Waals surface area contributed by atoms with Crippen LogP contribution in [0.5, 0.6) is 5.75 Å². The van der Waals surface area contributed by atoms with Gasteiger partial charge >= 0.3 is 5.97 Å². The second-order valence-electron chi connectivity index (χ2n) is 6.31. The Morgan fingerprint density at radius 1 is 1.36 bits per heavy atom. The average Bonchev–Trinajstić information content (AvgIpc) is 3.03. The topological polar surface area (TPSA) is 110 Å². The van der Waals surface area contributed by atoms with Gasteiger partial charge in [-0.1, -0.05) is 6.08 Å². The fraction of sp³-hybridized carbons (Fsp3) is 0.176. The standard InChI is InChI=1S/C17H14N4O4/c1-17(2)4-3-9-5-12-11(6-13(9)25-17)14(22)20-16(19-12)21-8-10(7-18-21)15(23)24/h3-8H,1-2H3,(H,23,24)(H,19,20,22). The van der Waals surface area contributed by atoms with Crippen molar-refractivity contribution in [3.05, 3.63) is 52.1 Å².